The highest BCUT2D eigenvalue weighted by atomic mass is 16.5. The standard InChI is InChI=1S/C12H19N3O2/c1-13-7-8-15(2)12(16)14-10-5-4-6-11(9-10)17-3/h4-6,9,13H,7-8H2,1-3H3,(H,14,16). The summed E-state index contributed by atoms with van der Waals surface area (Å²) in [4.78, 5) is 13.4. The Kier molecular flexibility index (Phi) is 5.29. The maximum atomic E-state index is 11.8. The number of carbonyl (C=O) groups excluding carboxylic acids is 1. The van der Waals surface area contributed by atoms with Gasteiger partial charge in [0.1, 0.15) is 5.75 Å². The zero-order valence-corrected chi connectivity index (χ0v) is 10.5. The molecule has 0 saturated carbocycles. The van der Waals surface area contributed by atoms with Crippen LogP contribution in [-0.4, -0.2) is 45.2 Å². The van der Waals surface area contributed by atoms with Gasteiger partial charge in [0.2, 0.25) is 0 Å². The summed E-state index contributed by atoms with van der Waals surface area (Å²) in [5.74, 6) is 0.723. The van der Waals surface area contributed by atoms with Crippen LogP contribution in [0.1, 0.15) is 0 Å². The Morgan fingerprint density at radius 3 is 2.88 bits per heavy atom. The maximum absolute atomic E-state index is 11.8. The number of urea groups is 1. The number of hydrogen-bond acceptors (Lipinski definition) is 3. The van der Waals surface area contributed by atoms with Crippen molar-refractivity contribution in [3.05, 3.63) is 24.3 Å². The van der Waals surface area contributed by atoms with Gasteiger partial charge in [0.05, 0.1) is 7.11 Å². The Balaban J connectivity index is 2.54. The summed E-state index contributed by atoms with van der Waals surface area (Å²) in [7, 11) is 5.21. The van der Waals surface area contributed by atoms with Crippen LogP contribution in [0.15, 0.2) is 24.3 Å². The second kappa shape index (κ2) is 6.75. The largest absolute Gasteiger partial charge is 0.497 e. The summed E-state index contributed by atoms with van der Waals surface area (Å²) in [6.07, 6.45) is 0. The number of likely N-dealkylation sites (N-methyl/N-ethyl adjacent to an activating group) is 2. The van der Waals surface area contributed by atoms with Gasteiger partial charge < -0.3 is 20.3 Å². The molecule has 0 aromatic heterocycles. The van der Waals surface area contributed by atoms with E-state index in [9.17, 15) is 4.79 Å². The molecule has 1 aromatic rings. The molecule has 0 atom stereocenters. The zero-order valence-electron chi connectivity index (χ0n) is 10.5. The van der Waals surface area contributed by atoms with E-state index in [0.717, 1.165) is 18.0 Å². The molecular formula is C12H19N3O2. The highest BCUT2D eigenvalue weighted by Gasteiger charge is 2.07. The van der Waals surface area contributed by atoms with Crippen molar-refractivity contribution in [1.82, 2.24) is 10.2 Å². The third-order valence-electron chi connectivity index (χ3n) is 2.36. The Morgan fingerprint density at radius 1 is 1.47 bits per heavy atom. The van der Waals surface area contributed by atoms with Crippen molar-refractivity contribution < 1.29 is 9.53 Å². The van der Waals surface area contributed by atoms with E-state index in [4.69, 9.17) is 4.74 Å². The van der Waals surface area contributed by atoms with Crippen LogP contribution in [0, 0.1) is 0 Å². The quantitative estimate of drug-likeness (QED) is 0.813. The summed E-state index contributed by atoms with van der Waals surface area (Å²) in [5.41, 5.74) is 0.727. The van der Waals surface area contributed by atoms with Gasteiger partial charge in [0, 0.05) is 31.9 Å². The Hall–Kier alpha value is -1.75. The molecule has 0 unspecified atom stereocenters. The van der Waals surface area contributed by atoms with Crippen molar-refractivity contribution in [3.8, 4) is 5.75 Å². The minimum atomic E-state index is -0.131. The lowest BCUT2D eigenvalue weighted by Crippen LogP contribution is -2.35. The van der Waals surface area contributed by atoms with Crippen molar-refractivity contribution in [2.45, 2.75) is 0 Å². The van der Waals surface area contributed by atoms with Crippen molar-refractivity contribution in [2.75, 3.05) is 39.6 Å². The normalized spacial score (nSPS) is 9.82. The highest BCUT2D eigenvalue weighted by Crippen LogP contribution is 2.16. The summed E-state index contributed by atoms with van der Waals surface area (Å²) < 4.78 is 5.09. The highest BCUT2D eigenvalue weighted by molar-refractivity contribution is 5.89. The van der Waals surface area contributed by atoms with Crippen LogP contribution in [0.4, 0.5) is 10.5 Å². The lowest BCUT2D eigenvalue weighted by molar-refractivity contribution is 0.223. The number of amides is 2. The van der Waals surface area contributed by atoms with Crippen molar-refractivity contribution in [3.63, 3.8) is 0 Å². The SMILES string of the molecule is CNCCN(C)C(=O)Nc1cccc(OC)c1. The van der Waals surface area contributed by atoms with E-state index in [1.165, 1.54) is 0 Å². The number of hydrogen-bond donors (Lipinski definition) is 2. The van der Waals surface area contributed by atoms with E-state index in [1.807, 2.05) is 25.2 Å². The molecule has 1 aromatic carbocycles. The lowest BCUT2D eigenvalue weighted by Gasteiger charge is -2.17. The van der Waals surface area contributed by atoms with Gasteiger partial charge in [-0.1, -0.05) is 6.07 Å². The van der Waals surface area contributed by atoms with Gasteiger partial charge in [-0.25, -0.2) is 4.79 Å². The molecule has 94 valence electrons. The van der Waals surface area contributed by atoms with Gasteiger partial charge >= 0.3 is 6.03 Å². The molecule has 0 fully saturated rings. The molecule has 17 heavy (non-hydrogen) atoms. The summed E-state index contributed by atoms with van der Waals surface area (Å²) in [5, 5.41) is 5.80. The topological polar surface area (TPSA) is 53.6 Å². The second-order valence-electron chi connectivity index (χ2n) is 3.69. The van der Waals surface area contributed by atoms with Gasteiger partial charge in [-0.3, -0.25) is 0 Å². The smallest absolute Gasteiger partial charge is 0.321 e. The second-order valence-corrected chi connectivity index (χ2v) is 3.69. The van der Waals surface area contributed by atoms with E-state index >= 15 is 0 Å². The first-order valence-corrected chi connectivity index (χ1v) is 5.48. The van der Waals surface area contributed by atoms with E-state index < -0.39 is 0 Å². The molecular weight excluding hydrogens is 218 g/mol. The molecule has 0 aliphatic carbocycles. The van der Waals surface area contributed by atoms with Crippen LogP contribution >= 0.6 is 0 Å². The van der Waals surface area contributed by atoms with Crippen LogP contribution in [0.2, 0.25) is 0 Å². The molecule has 0 bridgehead atoms. The van der Waals surface area contributed by atoms with Crippen molar-refractivity contribution in [2.24, 2.45) is 0 Å². The fraction of sp³-hybridized carbons (Fsp3) is 0.417. The molecule has 5 heteroatoms. The van der Waals surface area contributed by atoms with Gasteiger partial charge in [0.15, 0.2) is 0 Å². The Morgan fingerprint density at radius 2 is 2.24 bits per heavy atom. The van der Waals surface area contributed by atoms with Gasteiger partial charge in [-0.2, -0.15) is 0 Å². The zero-order chi connectivity index (χ0) is 12.7. The third kappa shape index (κ3) is 4.32. The molecule has 5 nitrogen and oxygen atoms in total. The van der Waals surface area contributed by atoms with Crippen molar-refractivity contribution in [1.29, 1.82) is 0 Å². The van der Waals surface area contributed by atoms with Crippen molar-refractivity contribution >= 4 is 11.7 Å². The minimum Gasteiger partial charge on any atom is -0.497 e. The van der Waals surface area contributed by atoms with Crippen LogP contribution in [0.25, 0.3) is 0 Å². The fourth-order valence-electron chi connectivity index (χ4n) is 1.30. The number of nitrogens with zero attached hydrogens (tertiary/aromatic N) is 1. The lowest BCUT2D eigenvalue weighted by atomic mass is 10.3. The summed E-state index contributed by atoms with van der Waals surface area (Å²) in [6, 6.07) is 7.15. The molecule has 1 rings (SSSR count). The summed E-state index contributed by atoms with van der Waals surface area (Å²) >= 11 is 0. The average molecular weight is 237 g/mol. The molecule has 0 heterocycles. The van der Waals surface area contributed by atoms with E-state index in [-0.39, 0.29) is 6.03 Å². The number of rotatable bonds is 5. The summed E-state index contributed by atoms with van der Waals surface area (Å²) in [6.45, 7) is 1.42. The first-order chi connectivity index (χ1) is 8.17. The van der Waals surface area contributed by atoms with E-state index in [0.29, 0.717) is 6.54 Å². The molecule has 0 aliphatic rings. The average Bonchev–Trinajstić information content (AvgIpc) is 2.36. The van der Waals surface area contributed by atoms with Gasteiger partial charge in [-0.05, 0) is 19.2 Å². The number of methoxy groups -OCH3 is 1. The fourth-order valence-corrected chi connectivity index (χ4v) is 1.30. The number of ether oxygens (including phenoxy) is 1. The van der Waals surface area contributed by atoms with Crippen LogP contribution in [0.5, 0.6) is 5.75 Å². The first-order valence-electron chi connectivity index (χ1n) is 5.48. The molecule has 2 amide bonds. The maximum Gasteiger partial charge on any atom is 0.321 e. The Labute approximate surface area is 102 Å². The van der Waals surface area contributed by atoms with Crippen LogP contribution in [0.3, 0.4) is 0 Å². The third-order valence-corrected chi connectivity index (χ3v) is 2.36. The van der Waals surface area contributed by atoms with Crippen LogP contribution < -0.4 is 15.4 Å². The Bertz CT molecular complexity index is 369. The number of anilines is 1. The molecule has 0 spiro atoms. The first kappa shape index (κ1) is 13.3. The van der Waals surface area contributed by atoms with E-state index in [1.54, 1.807) is 25.1 Å². The molecule has 0 aliphatic heterocycles. The van der Waals surface area contributed by atoms with E-state index in [2.05, 4.69) is 10.6 Å². The monoisotopic (exact) mass is 237 g/mol. The predicted octanol–water partition coefficient (Wildman–Crippen LogP) is 1.38. The molecule has 0 saturated heterocycles. The minimum absolute atomic E-state index is 0.131. The molecule has 0 radical (unpaired) electrons. The van der Waals surface area contributed by atoms with Crippen LogP contribution in [-0.2, 0) is 0 Å². The number of carbonyl (C=O) groups is 1. The molecule has 2 N–H and O–H groups in total. The number of benzene rings is 1. The predicted molar refractivity (Wildman–Crippen MR) is 68.6 cm³/mol. The van der Waals surface area contributed by atoms with Gasteiger partial charge in [-0.15, -0.1) is 0 Å². The van der Waals surface area contributed by atoms with Gasteiger partial charge in [0.25, 0.3) is 0 Å². The number of nitrogens with one attached hydrogen (secondary N) is 2.